The van der Waals surface area contributed by atoms with Crippen molar-refractivity contribution in [3.63, 3.8) is 0 Å². The Morgan fingerprint density at radius 2 is 1.61 bits per heavy atom. The first-order valence-electron chi connectivity index (χ1n) is 10.1. The minimum atomic E-state index is 0. The van der Waals surface area contributed by atoms with E-state index in [0.29, 0.717) is 6.61 Å². The number of rotatable bonds is 5. The quantitative estimate of drug-likeness (QED) is 0.295. The molecule has 1 aliphatic rings. The molecule has 31 heavy (non-hydrogen) atoms. The molecule has 0 spiro atoms. The topological polar surface area (TPSA) is 31.6 Å². The summed E-state index contributed by atoms with van der Waals surface area (Å²) in [5, 5.41) is 2.36. The summed E-state index contributed by atoms with van der Waals surface area (Å²) in [5.41, 5.74) is 4.85. The monoisotopic (exact) mass is 525 g/mol. The molecule has 0 atom stereocenters. The lowest BCUT2D eigenvalue weighted by Gasteiger charge is -2.18. The van der Waals surface area contributed by atoms with E-state index in [1.807, 2.05) is 24.3 Å². The van der Waals surface area contributed by atoms with Crippen LogP contribution < -0.4 is 42.8 Å². The van der Waals surface area contributed by atoms with Gasteiger partial charge in [0, 0.05) is 17.9 Å². The van der Waals surface area contributed by atoms with Crippen LogP contribution in [0.1, 0.15) is 11.1 Å². The minimum Gasteiger partial charge on any atom is -1.00 e. The molecular formula is C26H24INO3. The Hall–Kier alpha value is -2.80. The van der Waals surface area contributed by atoms with Gasteiger partial charge < -0.3 is 38.2 Å². The Bertz CT molecular complexity index is 1220. The third-order valence-corrected chi connectivity index (χ3v) is 5.71. The van der Waals surface area contributed by atoms with Crippen molar-refractivity contribution in [1.29, 1.82) is 0 Å². The van der Waals surface area contributed by atoms with Crippen LogP contribution in [0.25, 0.3) is 22.0 Å². The Morgan fingerprint density at radius 3 is 2.39 bits per heavy atom. The van der Waals surface area contributed by atoms with Crippen LogP contribution in [0.3, 0.4) is 0 Å². The van der Waals surface area contributed by atoms with E-state index >= 15 is 0 Å². The second kappa shape index (κ2) is 9.14. The van der Waals surface area contributed by atoms with Crippen molar-refractivity contribution in [1.82, 2.24) is 0 Å². The van der Waals surface area contributed by atoms with Crippen LogP contribution in [-0.2, 0) is 19.6 Å². The second-order valence-electron chi connectivity index (χ2n) is 7.53. The van der Waals surface area contributed by atoms with Crippen LogP contribution in [-0.4, -0.2) is 14.2 Å². The first-order valence-corrected chi connectivity index (χ1v) is 10.1. The number of hydrogen-bond donors (Lipinski definition) is 0. The zero-order valence-corrected chi connectivity index (χ0v) is 19.8. The molecule has 3 aromatic carbocycles. The molecule has 2 heterocycles. The van der Waals surface area contributed by atoms with Crippen LogP contribution in [0.5, 0.6) is 17.2 Å². The highest BCUT2D eigenvalue weighted by molar-refractivity contribution is 5.86. The molecule has 0 N–H and O–H groups in total. The number of benzene rings is 3. The molecule has 1 aliphatic heterocycles. The molecule has 0 bridgehead atoms. The van der Waals surface area contributed by atoms with E-state index < -0.39 is 0 Å². The van der Waals surface area contributed by atoms with Crippen molar-refractivity contribution in [2.24, 2.45) is 0 Å². The number of pyridine rings is 1. The van der Waals surface area contributed by atoms with Gasteiger partial charge in [0.25, 0.3) is 0 Å². The number of aryl methyl sites for hydroxylation is 2. The van der Waals surface area contributed by atoms with Crippen LogP contribution in [0.15, 0.2) is 72.9 Å². The van der Waals surface area contributed by atoms with Crippen molar-refractivity contribution in [3.8, 4) is 28.5 Å². The fourth-order valence-electron chi connectivity index (χ4n) is 4.12. The predicted octanol–water partition coefficient (Wildman–Crippen LogP) is 1.95. The third-order valence-electron chi connectivity index (χ3n) is 5.71. The normalized spacial score (nSPS) is 11.8. The van der Waals surface area contributed by atoms with E-state index in [9.17, 15) is 0 Å². The van der Waals surface area contributed by atoms with Crippen LogP contribution in [0.4, 0.5) is 0 Å². The first-order chi connectivity index (χ1) is 14.7. The molecule has 5 rings (SSSR count). The van der Waals surface area contributed by atoms with Crippen LogP contribution in [0.2, 0.25) is 0 Å². The van der Waals surface area contributed by atoms with Crippen molar-refractivity contribution in [3.05, 3.63) is 84.1 Å². The molecule has 5 heteroatoms. The Morgan fingerprint density at radius 1 is 0.839 bits per heavy atom. The molecule has 0 radical (unpaired) electrons. The summed E-state index contributed by atoms with van der Waals surface area (Å²) in [6.45, 7) is 1.50. The predicted molar refractivity (Wildman–Crippen MR) is 117 cm³/mol. The molecule has 4 aromatic rings. The second-order valence-corrected chi connectivity index (χ2v) is 7.53. The summed E-state index contributed by atoms with van der Waals surface area (Å²) in [6, 6.07) is 23.0. The van der Waals surface area contributed by atoms with Crippen molar-refractivity contribution in [2.75, 3.05) is 14.2 Å². The van der Waals surface area contributed by atoms with Crippen molar-refractivity contribution in [2.45, 2.75) is 19.6 Å². The molecule has 0 saturated carbocycles. The van der Waals surface area contributed by atoms with E-state index in [-0.39, 0.29) is 24.0 Å². The van der Waals surface area contributed by atoms with Gasteiger partial charge in [0.15, 0.2) is 24.2 Å². The number of nitrogens with zero attached hydrogens (tertiary/aromatic N) is 1. The Kier molecular flexibility index (Phi) is 6.32. The maximum absolute atomic E-state index is 6.02. The molecule has 0 unspecified atom stereocenters. The van der Waals surface area contributed by atoms with Gasteiger partial charge in [-0.05, 0) is 40.8 Å². The van der Waals surface area contributed by atoms with Gasteiger partial charge in [-0.2, -0.15) is 4.57 Å². The maximum Gasteiger partial charge on any atom is 0.213 e. The SMILES string of the molecule is COc1cc2c(cc1OC)-c1cc3ccc(OCc4ccccc4)cc3c[n+]1CC2.[I-]. The molecule has 158 valence electrons. The third kappa shape index (κ3) is 4.19. The first kappa shape index (κ1) is 21.4. The maximum atomic E-state index is 6.02. The Labute approximate surface area is 199 Å². The van der Waals surface area contributed by atoms with Gasteiger partial charge in [-0.15, -0.1) is 0 Å². The molecule has 0 fully saturated rings. The number of aromatic nitrogens is 1. The summed E-state index contributed by atoms with van der Waals surface area (Å²) in [4.78, 5) is 0. The number of fused-ring (bicyclic) bond motifs is 4. The molecule has 0 saturated heterocycles. The minimum absolute atomic E-state index is 0. The largest absolute Gasteiger partial charge is 1.00 e. The van der Waals surface area contributed by atoms with Gasteiger partial charge in [-0.1, -0.05) is 36.4 Å². The summed E-state index contributed by atoms with van der Waals surface area (Å²) in [7, 11) is 3.36. The smallest absolute Gasteiger partial charge is 0.213 e. The fraction of sp³-hybridized carbons (Fsp3) is 0.192. The van der Waals surface area contributed by atoms with E-state index in [4.69, 9.17) is 14.2 Å². The number of ether oxygens (including phenoxy) is 3. The van der Waals surface area contributed by atoms with Crippen molar-refractivity contribution < 1.29 is 42.8 Å². The Balaban J connectivity index is 0.00000231. The van der Waals surface area contributed by atoms with E-state index in [1.54, 1.807) is 14.2 Å². The standard InChI is InChI=1S/C26H24NO3.HI/c1-28-25-14-20-10-11-27-16-21-12-22(30-17-18-6-4-3-5-7-18)9-8-19(21)13-24(27)23(20)15-26(25)29-2;/h3-9,12-16H,10-11,17H2,1-2H3;1H/q+1;/p-1. The highest BCUT2D eigenvalue weighted by Crippen LogP contribution is 2.37. The van der Waals surface area contributed by atoms with E-state index in [2.05, 4.69) is 53.2 Å². The highest BCUT2D eigenvalue weighted by atomic mass is 127. The molecule has 0 aliphatic carbocycles. The summed E-state index contributed by atoms with van der Waals surface area (Å²) in [5.74, 6) is 2.43. The van der Waals surface area contributed by atoms with Gasteiger partial charge in [0.05, 0.1) is 19.8 Å². The van der Waals surface area contributed by atoms with Crippen molar-refractivity contribution >= 4 is 10.8 Å². The molecule has 4 nitrogen and oxygen atoms in total. The lowest BCUT2D eigenvalue weighted by molar-refractivity contribution is -0.686. The molecular weight excluding hydrogens is 501 g/mol. The highest BCUT2D eigenvalue weighted by Gasteiger charge is 2.25. The van der Waals surface area contributed by atoms with E-state index in [0.717, 1.165) is 30.2 Å². The molecule has 1 aromatic heterocycles. The van der Waals surface area contributed by atoms with Gasteiger partial charge >= 0.3 is 0 Å². The zero-order chi connectivity index (χ0) is 20.5. The average Bonchev–Trinajstić information content (AvgIpc) is 2.81. The van der Waals surface area contributed by atoms with Crippen LogP contribution in [0, 0.1) is 0 Å². The number of halogens is 1. The summed E-state index contributed by atoms with van der Waals surface area (Å²) >= 11 is 0. The number of hydrogen-bond acceptors (Lipinski definition) is 3. The zero-order valence-electron chi connectivity index (χ0n) is 17.6. The van der Waals surface area contributed by atoms with E-state index in [1.165, 1.54) is 33.2 Å². The molecule has 0 amide bonds. The lowest BCUT2D eigenvalue weighted by Crippen LogP contribution is -3.00. The van der Waals surface area contributed by atoms with Gasteiger partial charge in [-0.25, -0.2) is 0 Å². The van der Waals surface area contributed by atoms with Gasteiger partial charge in [-0.3, -0.25) is 0 Å². The fourth-order valence-corrected chi connectivity index (χ4v) is 4.12. The summed E-state index contributed by atoms with van der Waals surface area (Å²) < 4.78 is 19.3. The average molecular weight is 525 g/mol. The lowest BCUT2D eigenvalue weighted by atomic mass is 9.95. The number of methoxy groups -OCH3 is 2. The summed E-state index contributed by atoms with van der Waals surface area (Å²) in [6.07, 6.45) is 3.18. The van der Waals surface area contributed by atoms with Gasteiger partial charge in [0.1, 0.15) is 12.4 Å². The van der Waals surface area contributed by atoms with Crippen LogP contribution >= 0.6 is 0 Å². The van der Waals surface area contributed by atoms with Gasteiger partial charge in [0.2, 0.25) is 5.69 Å².